The number of rotatable bonds is 5. The maximum Gasteiger partial charge on any atom is 0.416 e. The van der Waals surface area contributed by atoms with E-state index in [9.17, 15) is 14.4 Å². The van der Waals surface area contributed by atoms with Gasteiger partial charge in [-0.3, -0.25) is 20.0 Å². The standard InChI is InChI=1S/C26H18Cl2N6O4/c27-17-12-6-4-10-15(17)23(35)31-21-19(28)25(34-33-21)38-26(37)32-22-24(36)29-18-13-7-5-11-16(18)20(30-22)14-8-2-1-3-9-14/h1-13,22H,(H,29,36)(H,32,37)(H2,31,33,34,35)/t22-/m1/s1. The molecule has 3 aromatic carbocycles. The van der Waals surface area contributed by atoms with Crippen molar-refractivity contribution in [3.05, 3.63) is 106 Å². The van der Waals surface area contributed by atoms with Crippen molar-refractivity contribution < 1.29 is 19.1 Å². The van der Waals surface area contributed by atoms with Gasteiger partial charge in [0.25, 0.3) is 17.7 Å². The molecular formula is C26H18Cl2N6O4. The summed E-state index contributed by atoms with van der Waals surface area (Å²) in [6.45, 7) is 0. The first-order valence-electron chi connectivity index (χ1n) is 11.2. The number of amides is 3. The van der Waals surface area contributed by atoms with E-state index in [-0.39, 0.29) is 27.3 Å². The smallest absolute Gasteiger partial charge is 0.388 e. The molecule has 10 nitrogen and oxygen atoms in total. The summed E-state index contributed by atoms with van der Waals surface area (Å²) in [5, 5.41) is 14.1. The number of aromatic nitrogens is 2. The Kier molecular flexibility index (Phi) is 7.07. The van der Waals surface area contributed by atoms with Gasteiger partial charge in [0.05, 0.1) is 22.0 Å². The van der Waals surface area contributed by atoms with Gasteiger partial charge in [-0.1, -0.05) is 83.9 Å². The third-order valence-electron chi connectivity index (χ3n) is 5.47. The number of aliphatic imine (C=N–C) groups is 1. The Morgan fingerprint density at radius 2 is 1.63 bits per heavy atom. The second-order valence-corrected chi connectivity index (χ2v) is 8.75. The zero-order valence-corrected chi connectivity index (χ0v) is 20.9. The lowest BCUT2D eigenvalue weighted by molar-refractivity contribution is -0.117. The number of nitrogens with zero attached hydrogens (tertiary/aromatic N) is 2. The lowest BCUT2D eigenvalue weighted by atomic mass is 10.0. The molecule has 0 aliphatic carbocycles. The van der Waals surface area contributed by atoms with E-state index < -0.39 is 24.1 Å². The van der Waals surface area contributed by atoms with Gasteiger partial charge in [0.15, 0.2) is 5.82 Å². The van der Waals surface area contributed by atoms with Crippen LogP contribution in [0.3, 0.4) is 0 Å². The fraction of sp³-hybridized carbons (Fsp3) is 0.0385. The Morgan fingerprint density at radius 3 is 2.42 bits per heavy atom. The molecule has 38 heavy (non-hydrogen) atoms. The number of fused-ring (bicyclic) bond motifs is 1. The van der Waals surface area contributed by atoms with Crippen LogP contribution in [0.2, 0.25) is 10.0 Å². The molecule has 1 aliphatic rings. The number of hydrogen-bond donors (Lipinski definition) is 4. The van der Waals surface area contributed by atoms with Gasteiger partial charge in [-0.2, -0.15) is 0 Å². The molecule has 0 saturated heterocycles. The highest BCUT2D eigenvalue weighted by Gasteiger charge is 2.28. The molecule has 1 aliphatic heterocycles. The second-order valence-electron chi connectivity index (χ2n) is 7.97. The highest BCUT2D eigenvalue weighted by molar-refractivity contribution is 6.36. The van der Waals surface area contributed by atoms with Crippen molar-refractivity contribution in [3.63, 3.8) is 0 Å². The Labute approximate surface area is 226 Å². The van der Waals surface area contributed by atoms with Crippen LogP contribution >= 0.6 is 23.2 Å². The van der Waals surface area contributed by atoms with Crippen molar-refractivity contribution in [2.24, 2.45) is 4.99 Å². The minimum Gasteiger partial charge on any atom is -0.388 e. The maximum absolute atomic E-state index is 12.9. The zero-order chi connectivity index (χ0) is 26.6. The zero-order valence-electron chi connectivity index (χ0n) is 19.4. The van der Waals surface area contributed by atoms with E-state index in [0.717, 1.165) is 5.56 Å². The van der Waals surface area contributed by atoms with Crippen molar-refractivity contribution in [1.82, 2.24) is 15.5 Å². The van der Waals surface area contributed by atoms with Crippen molar-refractivity contribution >= 4 is 58.3 Å². The number of H-pyrrole nitrogens is 1. The number of benzene rings is 3. The Morgan fingerprint density at radius 1 is 0.921 bits per heavy atom. The fourth-order valence-electron chi connectivity index (χ4n) is 3.70. The van der Waals surface area contributed by atoms with Crippen LogP contribution in [-0.4, -0.2) is 40.0 Å². The molecule has 12 heteroatoms. The number of hydrogen-bond acceptors (Lipinski definition) is 6. The van der Waals surface area contributed by atoms with Gasteiger partial charge in [-0.15, -0.1) is 5.10 Å². The first kappa shape index (κ1) is 25.0. The molecule has 0 spiro atoms. The highest BCUT2D eigenvalue weighted by atomic mass is 35.5. The van der Waals surface area contributed by atoms with Crippen LogP contribution in [0.15, 0.2) is 83.9 Å². The molecule has 1 aromatic heterocycles. The summed E-state index contributed by atoms with van der Waals surface area (Å²) in [4.78, 5) is 42.6. The Balaban J connectivity index is 1.33. The predicted octanol–water partition coefficient (Wildman–Crippen LogP) is 4.87. The van der Waals surface area contributed by atoms with Crippen LogP contribution in [-0.2, 0) is 4.79 Å². The second kappa shape index (κ2) is 10.8. The lowest BCUT2D eigenvalue weighted by Gasteiger charge is -2.12. The van der Waals surface area contributed by atoms with E-state index in [1.807, 2.05) is 42.5 Å². The summed E-state index contributed by atoms with van der Waals surface area (Å²) in [6, 6.07) is 22.9. The monoisotopic (exact) mass is 548 g/mol. The van der Waals surface area contributed by atoms with E-state index in [1.165, 1.54) is 6.07 Å². The normalized spacial score (nSPS) is 14.4. The number of aromatic amines is 1. The largest absolute Gasteiger partial charge is 0.416 e. The summed E-state index contributed by atoms with van der Waals surface area (Å²) in [7, 11) is 0. The number of carbonyl (C=O) groups excluding carboxylic acids is 3. The molecule has 0 saturated carbocycles. The van der Waals surface area contributed by atoms with Crippen molar-refractivity contribution in [1.29, 1.82) is 0 Å². The van der Waals surface area contributed by atoms with E-state index >= 15 is 0 Å². The van der Waals surface area contributed by atoms with Crippen molar-refractivity contribution in [2.45, 2.75) is 6.17 Å². The van der Waals surface area contributed by atoms with Crippen molar-refractivity contribution in [2.75, 3.05) is 10.6 Å². The third kappa shape index (κ3) is 5.22. The first-order chi connectivity index (χ1) is 18.4. The van der Waals surface area contributed by atoms with Crippen LogP contribution in [0, 0.1) is 0 Å². The molecule has 1 atom stereocenters. The third-order valence-corrected chi connectivity index (χ3v) is 6.15. The molecule has 5 rings (SSSR count). The lowest BCUT2D eigenvalue weighted by Crippen LogP contribution is -2.43. The first-order valence-corrected chi connectivity index (χ1v) is 12.0. The molecule has 4 aromatic rings. The van der Waals surface area contributed by atoms with Crippen molar-refractivity contribution in [3.8, 4) is 5.88 Å². The topological polar surface area (TPSA) is 138 Å². The van der Waals surface area contributed by atoms with Gasteiger partial charge < -0.3 is 15.4 Å². The summed E-state index contributed by atoms with van der Waals surface area (Å²) >= 11 is 12.3. The molecule has 0 radical (unpaired) electrons. The van der Waals surface area contributed by atoms with E-state index in [1.54, 1.807) is 30.3 Å². The molecule has 0 bridgehead atoms. The number of carbonyl (C=O) groups is 3. The van der Waals surface area contributed by atoms with Crippen LogP contribution in [0.1, 0.15) is 21.5 Å². The molecule has 0 fully saturated rings. The van der Waals surface area contributed by atoms with E-state index in [0.29, 0.717) is 17.0 Å². The van der Waals surface area contributed by atoms with Crippen LogP contribution in [0.25, 0.3) is 0 Å². The van der Waals surface area contributed by atoms with Gasteiger partial charge >= 0.3 is 6.09 Å². The summed E-state index contributed by atoms with van der Waals surface area (Å²) in [5.74, 6) is -1.44. The molecule has 190 valence electrons. The average molecular weight is 549 g/mol. The summed E-state index contributed by atoms with van der Waals surface area (Å²) < 4.78 is 5.20. The fourth-order valence-corrected chi connectivity index (χ4v) is 4.09. The van der Waals surface area contributed by atoms with Crippen LogP contribution < -0.4 is 20.7 Å². The van der Waals surface area contributed by atoms with Gasteiger partial charge in [0, 0.05) is 11.1 Å². The summed E-state index contributed by atoms with van der Waals surface area (Å²) in [5.41, 5.74) is 2.72. The Hall–Kier alpha value is -4.67. The number of para-hydroxylation sites is 1. The van der Waals surface area contributed by atoms with E-state index in [4.69, 9.17) is 27.9 Å². The van der Waals surface area contributed by atoms with Gasteiger partial charge in [0.1, 0.15) is 5.02 Å². The van der Waals surface area contributed by atoms with Gasteiger partial charge in [-0.25, -0.2) is 9.79 Å². The number of anilines is 2. The SMILES string of the molecule is O=C(N[C@H]1N=C(c2ccccc2)c2ccccc2NC1=O)Oc1n[nH]c(NC(=O)c2ccccc2Cl)c1Cl. The van der Waals surface area contributed by atoms with Crippen LogP contribution in [0.4, 0.5) is 16.3 Å². The molecule has 2 heterocycles. The molecular weight excluding hydrogens is 531 g/mol. The molecule has 0 unspecified atom stereocenters. The molecule has 3 amide bonds. The average Bonchev–Trinajstić information content (AvgIpc) is 3.18. The Bertz CT molecular complexity index is 1570. The number of halogens is 2. The minimum atomic E-state index is -1.32. The van der Waals surface area contributed by atoms with Crippen LogP contribution in [0.5, 0.6) is 5.88 Å². The number of benzodiazepines with no additional fused rings is 1. The van der Waals surface area contributed by atoms with Gasteiger partial charge in [-0.05, 0) is 18.2 Å². The predicted molar refractivity (Wildman–Crippen MR) is 143 cm³/mol. The van der Waals surface area contributed by atoms with E-state index in [2.05, 4.69) is 31.1 Å². The minimum absolute atomic E-state index is 0.00794. The maximum atomic E-state index is 12.9. The molecule has 4 N–H and O–H groups in total. The quantitative estimate of drug-likeness (QED) is 0.282. The number of nitrogens with one attached hydrogen (secondary N) is 4. The highest BCUT2D eigenvalue weighted by Crippen LogP contribution is 2.30. The van der Waals surface area contributed by atoms with Gasteiger partial charge in [0.2, 0.25) is 6.17 Å². The summed E-state index contributed by atoms with van der Waals surface area (Å²) in [6.07, 6.45) is -2.35. The number of ether oxygens (including phenoxy) is 1.